The Kier molecular flexibility index (Phi) is 6.90. The molecule has 55 heavy (non-hydrogen) atoms. The Balaban J connectivity index is 1.04. The molecule has 4 aliphatic carbocycles. The van der Waals surface area contributed by atoms with Gasteiger partial charge in [0.05, 0.1) is 17.1 Å². The predicted octanol–water partition coefficient (Wildman–Crippen LogP) is 14.6. The highest BCUT2D eigenvalue weighted by molar-refractivity contribution is 6.09. The van der Waals surface area contributed by atoms with Gasteiger partial charge in [-0.3, -0.25) is 0 Å². The Hall–Kier alpha value is -6.18. The first-order valence-corrected chi connectivity index (χ1v) is 20.3. The normalized spacial score (nSPS) is 18.4. The van der Waals surface area contributed by atoms with E-state index in [0.29, 0.717) is 11.8 Å². The Labute approximate surface area is 322 Å². The van der Waals surface area contributed by atoms with Crippen LogP contribution in [-0.2, 0) is 12.8 Å². The fraction of sp³-hybridized carbons (Fsp3) is 0.148. The van der Waals surface area contributed by atoms with Crippen LogP contribution in [0.15, 0.2) is 169 Å². The first-order chi connectivity index (χ1) is 27.3. The van der Waals surface area contributed by atoms with Gasteiger partial charge in [0.25, 0.3) is 0 Å². The third-order valence-corrected chi connectivity index (χ3v) is 13.3. The number of rotatable bonds is 4. The van der Waals surface area contributed by atoms with E-state index in [2.05, 4.69) is 169 Å². The molecule has 12 rings (SSSR count). The fourth-order valence-electron chi connectivity index (χ4n) is 10.8. The van der Waals surface area contributed by atoms with Crippen molar-refractivity contribution in [2.24, 2.45) is 5.92 Å². The van der Waals surface area contributed by atoms with Crippen molar-refractivity contribution in [3.63, 3.8) is 0 Å². The van der Waals surface area contributed by atoms with E-state index in [4.69, 9.17) is 0 Å². The molecule has 0 N–H and O–H groups in total. The Morgan fingerprint density at radius 2 is 1.16 bits per heavy atom. The summed E-state index contributed by atoms with van der Waals surface area (Å²) in [5.41, 5.74) is 15.8. The van der Waals surface area contributed by atoms with Gasteiger partial charge in [-0.15, -0.1) is 0 Å². The zero-order valence-corrected chi connectivity index (χ0v) is 30.9. The minimum absolute atomic E-state index is 0.405. The summed E-state index contributed by atoms with van der Waals surface area (Å²) < 4.78 is 0. The molecule has 0 spiro atoms. The molecule has 8 aromatic rings. The van der Waals surface area contributed by atoms with Crippen molar-refractivity contribution >= 4 is 71.3 Å². The summed E-state index contributed by atoms with van der Waals surface area (Å²) in [6.07, 6.45) is 14.6. The lowest BCUT2D eigenvalue weighted by Crippen LogP contribution is -2.20. The van der Waals surface area contributed by atoms with Gasteiger partial charge < -0.3 is 4.90 Å². The zero-order valence-electron chi connectivity index (χ0n) is 30.9. The number of allylic oxidation sites excluding steroid dienone is 6. The molecular formula is C54H41N. The van der Waals surface area contributed by atoms with Crippen molar-refractivity contribution in [1.82, 2.24) is 0 Å². The largest absolute Gasteiger partial charge is 0.309 e. The standard InChI is InChI=1S/C54H41N/c1-2-14-37-31-48-39(29-36(37)13-1)26-25-38-30-40(27-28-43(38)48)49-32-41-17-8-22-47-52(33-42-18-7-21-46(49)53(42)54(41)47)55(50-23-9-15-34-11-3-5-19-44(34)50)51-24-10-16-35-12-4-6-20-45(35)51/h1-7,9-16,18-21,23-24,27-29,31-33,38,41H,8,17,22,25-26,30H2. The molecule has 0 radical (unpaired) electrons. The fourth-order valence-corrected chi connectivity index (χ4v) is 10.8. The predicted molar refractivity (Wildman–Crippen MR) is 234 cm³/mol. The SMILES string of the molecule is C1=C(C2=CC3CCCc4c(N(c5cccc6ccccc56)c5cccc6ccccc56)cc5cccc2c5c43)CC2CCc3cc4ccccc4cc3C2=C1. The lowest BCUT2D eigenvalue weighted by Gasteiger charge is -2.38. The van der Waals surface area contributed by atoms with Crippen LogP contribution in [0.25, 0.3) is 54.2 Å². The van der Waals surface area contributed by atoms with Gasteiger partial charge in [0.15, 0.2) is 0 Å². The smallest absolute Gasteiger partial charge is 0.0540 e. The van der Waals surface area contributed by atoms with Gasteiger partial charge >= 0.3 is 0 Å². The van der Waals surface area contributed by atoms with Crippen LogP contribution in [-0.4, -0.2) is 0 Å². The number of nitrogens with zero attached hydrogens (tertiary/aromatic N) is 1. The average Bonchev–Trinajstić information content (AvgIpc) is 3.25. The van der Waals surface area contributed by atoms with Gasteiger partial charge in [0.2, 0.25) is 0 Å². The molecule has 1 nitrogen and oxygen atoms in total. The summed E-state index contributed by atoms with van der Waals surface area (Å²) in [4.78, 5) is 2.60. The maximum atomic E-state index is 2.68. The highest BCUT2D eigenvalue weighted by Crippen LogP contribution is 2.54. The van der Waals surface area contributed by atoms with Gasteiger partial charge in [-0.25, -0.2) is 0 Å². The lowest BCUT2D eigenvalue weighted by molar-refractivity contribution is 0.584. The maximum absolute atomic E-state index is 2.68. The van der Waals surface area contributed by atoms with Crippen LogP contribution in [0.3, 0.4) is 0 Å². The minimum atomic E-state index is 0.405. The van der Waals surface area contributed by atoms with Crippen molar-refractivity contribution in [1.29, 1.82) is 0 Å². The number of hydrogen-bond donors (Lipinski definition) is 0. The van der Waals surface area contributed by atoms with Crippen LogP contribution < -0.4 is 4.90 Å². The van der Waals surface area contributed by atoms with Crippen molar-refractivity contribution in [3.8, 4) is 0 Å². The van der Waals surface area contributed by atoms with Crippen molar-refractivity contribution in [2.45, 2.75) is 44.4 Å². The number of hydrogen-bond acceptors (Lipinski definition) is 1. The number of fused-ring (bicyclic) bond motifs is 6. The van der Waals surface area contributed by atoms with Crippen LogP contribution in [0.5, 0.6) is 0 Å². The third kappa shape index (κ3) is 4.79. The van der Waals surface area contributed by atoms with E-state index < -0.39 is 0 Å². The molecule has 262 valence electrons. The Morgan fingerprint density at radius 3 is 1.93 bits per heavy atom. The molecule has 8 aromatic carbocycles. The summed E-state index contributed by atoms with van der Waals surface area (Å²) in [7, 11) is 0. The van der Waals surface area contributed by atoms with Gasteiger partial charge in [-0.2, -0.15) is 0 Å². The summed E-state index contributed by atoms with van der Waals surface area (Å²) in [5.74, 6) is 0.970. The average molecular weight is 704 g/mol. The molecule has 0 amide bonds. The van der Waals surface area contributed by atoms with Gasteiger partial charge in [0.1, 0.15) is 0 Å². The molecule has 2 atom stereocenters. The summed E-state index contributed by atoms with van der Waals surface area (Å²) in [6.45, 7) is 0. The molecule has 0 bridgehead atoms. The van der Waals surface area contributed by atoms with Crippen molar-refractivity contribution in [2.75, 3.05) is 4.90 Å². The lowest BCUT2D eigenvalue weighted by atomic mass is 9.69. The van der Waals surface area contributed by atoms with Crippen LogP contribution in [0.4, 0.5) is 17.1 Å². The van der Waals surface area contributed by atoms with Gasteiger partial charge in [-0.1, -0.05) is 140 Å². The van der Waals surface area contributed by atoms with Gasteiger partial charge in [0, 0.05) is 16.7 Å². The van der Waals surface area contributed by atoms with E-state index in [1.165, 1.54) is 118 Å². The quantitative estimate of drug-likeness (QED) is 0.176. The van der Waals surface area contributed by atoms with E-state index in [1.54, 1.807) is 5.56 Å². The number of anilines is 3. The van der Waals surface area contributed by atoms with Gasteiger partial charge in [-0.05, 0) is 146 Å². The molecule has 0 saturated carbocycles. The van der Waals surface area contributed by atoms with E-state index in [0.717, 1.165) is 19.3 Å². The van der Waals surface area contributed by atoms with Crippen LogP contribution in [0.2, 0.25) is 0 Å². The number of benzene rings is 8. The molecule has 0 aliphatic heterocycles. The second kappa shape index (κ2) is 12.2. The molecule has 2 unspecified atom stereocenters. The molecule has 0 fully saturated rings. The van der Waals surface area contributed by atoms with E-state index >= 15 is 0 Å². The van der Waals surface area contributed by atoms with E-state index in [1.807, 2.05) is 0 Å². The topological polar surface area (TPSA) is 3.24 Å². The summed E-state index contributed by atoms with van der Waals surface area (Å²) in [6, 6.07) is 54.7. The molecule has 0 saturated heterocycles. The summed E-state index contributed by atoms with van der Waals surface area (Å²) >= 11 is 0. The highest BCUT2D eigenvalue weighted by Gasteiger charge is 2.34. The molecular weight excluding hydrogens is 663 g/mol. The van der Waals surface area contributed by atoms with E-state index in [-0.39, 0.29) is 0 Å². The molecule has 4 aliphatic rings. The second-order valence-corrected chi connectivity index (χ2v) is 16.2. The minimum Gasteiger partial charge on any atom is -0.309 e. The second-order valence-electron chi connectivity index (χ2n) is 16.2. The molecule has 0 heterocycles. The van der Waals surface area contributed by atoms with Crippen LogP contribution in [0, 0.1) is 5.92 Å². The monoisotopic (exact) mass is 703 g/mol. The maximum Gasteiger partial charge on any atom is 0.0540 e. The summed E-state index contributed by atoms with van der Waals surface area (Å²) in [5, 5.41) is 10.6. The Morgan fingerprint density at radius 1 is 0.509 bits per heavy atom. The number of aryl methyl sites for hydroxylation is 1. The van der Waals surface area contributed by atoms with Crippen LogP contribution >= 0.6 is 0 Å². The van der Waals surface area contributed by atoms with E-state index in [9.17, 15) is 0 Å². The van der Waals surface area contributed by atoms with Crippen LogP contribution in [0.1, 0.15) is 59.4 Å². The Bertz CT molecular complexity index is 2920. The van der Waals surface area contributed by atoms with Crippen molar-refractivity contribution < 1.29 is 0 Å². The molecule has 0 aromatic heterocycles. The molecule has 1 heteroatoms. The zero-order chi connectivity index (χ0) is 36.0. The third-order valence-electron chi connectivity index (χ3n) is 13.3. The van der Waals surface area contributed by atoms with Crippen molar-refractivity contribution in [3.05, 3.63) is 197 Å². The first-order valence-electron chi connectivity index (χ1n) is 20.3. The highest BCUT2D eigenvalue weighted by atomic mass is 15.1. The first kappa shape index (κ1) is 31.2.